The van der Waals surface area contributed by atoms with Gasteiger partial charge in [0.25, 0.3) is 0 Å². The van der Waals surface area contributed by atoms with E-state index in [0.29, 0.717) is 0 Å². The van der Waals surface area contributed by atoms with Crippen LogP contribution in [0.2, 0.25) is 0 Å². The van der Waals surface area contributed by atoms with E-state index in [1.165, 1.54) is 0 Å². The first kappa shape index (κ1) is 10.4. The smallest absolute Gasteiger partial charge is 0.0947 e. The van der Waals surface area contributed by atoms with Crippen molar-refractivity contribution < 1.29 is 0 Å². The van der Waals surface area contributed by atoms with Crippen molar-refractivity contribution in [3.05, 3.63) is 0 Å². The molecular weight excluding hydrogens is 136 g/mol. The first-order valence-electron chi connectivity index (χ1n) is 3.96. The molecule has 2 nitrogen and oxygen atoms in total. The van der Waals surface area contributed by atoms with Gasteiger partial charge in [-0.15, -0.1) is 0 Å². The molecule has 1 unspecified atom stereocenters. The van der Waals surface area contributed by atoms with Crippen molar-refractivity contribution in [3.8, 4) is 6.07 Å². The van der Waals surface area contributed by atoms with E-state index in [1.54, 1.807) is 0 Å². The van der Waals surface area contributed by atoms with Gasteiger partial charge in [-0.05, 0) is 19.4 Å². The third-order valence-corrected chi connectivity index (χ3v) is 1.57. The van der Waals surface area contributed by atoms with E-state index in [0.717, 1.165) is 6.54 Å². The third-order valence-electron chi connectivity index (χ3n) is 1.57. The van der Waals surface area contributed by atoms with Crippen molar-refractivity contribution >= 4 is 0 Å². The Labute approximate surface area is 69.8 Å². The van der Waals surface area contributed by atoms with Gasteiger partial charge >= 0.3 is 0 Å². The van der Waals surface area contributed by atoms with Crippen molar-refractivity contribution in [2.75, 3.05) is 13.6 Å². The lowest BCUT2D eigenvalue weighted by atomic mass is 9.96. The first-order valence-corrected chi connectivity index (χ1v) is 3.96. The fourth-order valence-electron chi connectivity index (χ4n) is 0.984. The Hall–Kier alpha value is -0.550. The molecule has 64 valence electrons. The van der Waals surface area contributed by atoms with Crippen LogP contribution in [-0.4, -0.2) is 24.5 Å². The highest BCUT2D eigenvalue weighted by Crippen LogP contribution is 2.15. The second-order valence-electron chi connectivity index (χ2n) is 4.28. The minimum absolute atomic E-state index is 0.0224. The average Bonchev–Trinajstić information content (AvgIpc) is 1.82. The number of nitrogens with zero attached hydrogens (tertiary/aromatic N) is 2. The maximum atomic E-state index is 8.61. The molecule has 0 aromatic carbocycles. The molecule has 0 aromatic rings. The summed E-state index contributed by atoms with van der Waals surface area (Å²) in [6.07, 6.45) is 0. The van der Waals surface area contributed by atoms with Gasteiger partial charge in [-0.25, -0.2) is 0 Å². The highest BCUT2D eigenvalue weighted by atomic mass is 15.1. The summed E-state index contributed by atoms with van der Waals surface area (Å²) in [5.74, 6) is 0. The summed E-state index contributed by atoms with van der Waals surface area (Å²) in [5, 5.41) is 8.61. The van der Waals surface area contributed by atoms with Crippen molar-refractivity contribution in [3.63, 3.8) is 0 Å². The largest absolute Gasteiger partial charge is 0.291 e. The fourth-order valence-corrected chi connectivity index (χ4v) is 0.984. The van der Waals surface area contributed by atoms with Gasteiger partial charge in [0.05, 0.1) is 12.1 Å². The van der Waals surface area contributed by atoms with Crippen LogP contribution in [0.4, 0.5) is 0 Å². The highest BCUT2D eigenvalue weighted by molar-refractivity contribution is 4.87. The summed E-state index contributed by atoms with van der Waals surface area (Å²) in [4.78, 5) is 2.07. The van der Waals surface area contributed by atoms with Gasteiger partial charge in [0.1, 0.15) is 0 Å². The lowest BCUT2D eigenvalue weighted by molar-refractivity contribution is 0.207. The molecule has 0 saturated carbocycles. The van der Waals surface area contributed by atoms with Crippen molar-refractivity contribution in [1.29, 1.82) is 5.26 Å². The number of hydrogen-bond acceptors (Lipinski definition) is 2. The molecule has 0 spiro atoms. The summed E-state index contributed by atoms with van der Waals surface area (Å²) in [5.41, 5.74) is 0.278. The zero-order valence-corrected chi connectivity index (χ0v) is 8.18. The first-order chi connectivity index (χ1) is 4.87. The molecule has 0 rings (SSSR count). The molecule has 0 aliphatic carbocycles. The van der Waals surface area contributed by atoms with E-state index in [-0.39, 0.29) is 11.5 Å². The van der Waals surface area contributed by atoms with Gasteiger partial charge in [-0.2, -0.15) is 5.26 Å². The van der Waals surface area contributed by atoms with Gasteiger partial charge < -0.3 is 0 Å². The number of nitriles is 1. The molecule has 2 heteroatoms. The Bertz CT molecular complexity index is 150. The van der Waals surface area contributed by atoms with Crippen LogP contribution in [-0.2, 0) is 0 Å². The summed E-state index contributed by atoms with van der Waals surface area (Å²) >= 11 is 0. The lowest BCUT2D eigenvalue weighted by Crippen LogP contribution is -2.35. The quantitative estimate of drug-likeness (QED) is 0.607. The minimum atomic E-state index is 0.0224. The SMILES string of the molecule is CC(C#N)N(C)CC(C)(C)C. The normalized spacial score (nSPS) is 14.6. The molecule has 0 aliphatic heterocycles. The van der Waals surface area contributed by atoms with E-state index in [2.05, 4.69) is 31.7 Å². The second-order valence-corrected chi connectivity index (χ2v) is 4.28. The van der Waals surface area contributed by atoms with Gasteiger partial charge in [0, 0.05) is 6.54 Å². The van der Waals surface area contributed by atoms with Crippen LogP contribution in [0, 0.1) is 16.7 Å². The topological polar surface area (TPSA) is 27.0 Å². The molecule has 11 heavy (non-hydrogen) atoms. The van der Waals surface area contributed by atoms with Crippen LogP contribution < -0.4 is 0 Å². The summed E-state index contributed by atoms with van der Waals surface area (Å²) in [6.45, 7) is 9.41. The van der Waals surface area contributed by atoms with E-state index in [4.69, 9.17) is 5.26 Å². The van der Waals surface area contributed by atoms with Gasteiger partial charge in [-0.3, -0.25) is 4.90 Å². The van der Waals surface area contributed by atoms with Crippen LogP contribution >= 0.6 is 0 Å². The van der Waals surface area contributed by atoms with Crippen LogP contribution in [0.5, 0.6) is 0 Å². The van der Waals surface area contributed by atoms with Crippen LogP contribution in [0.3, 0.4) is 0 Å². The van der Waals surface area contributed by atoms with E-state index < -0.39 is 0 Å². The number of rotatable bonds is 2. The van der Waals surface area contributed by atoms with Crippen molar-refractivity contribution in [2.45, 2.75) is 33.7 Å². The Morgan fingerprint density at radius 2 is 1.91 bits per heavy atom. The van der Waals surface area contributed by atoms with Crippen LogP contribution in [0.1, 0.15) is 27.7 Å². The molecule has 0 radical (unpaired) electrons. The van der Waals surface area contributed by atoms with E-state index in [9.17, 15) is 0 Å². The molecule has 0 N–H and O–H groups in total. The standard InChI is InChI=1S/C9H18N2/c1-8(6-10)11(5)7-9(2,3)4/h8H,7H2,1-5H3. The summed E-state index contributed by atoms with van der Waals surface area (Å²) in [6, 6.07) is 2.24. The molecule has 1 atom stereocenters. The minimum Gasteiger partial charge on any atom is -0.291 e. The maximum Gasteiger partial charge on any atom is 0.0947 e. The molecule has 0 aliphatic rings. The zero-order chi connectivity index (χ0) is 9.07. The average molecular weight is 154 g/mol. The molecule has 0 bridgehead atoms. The van der Waals surface area contributed by atoms with Gasteiger partial charge in [0.15, 0.2) is 0 Å². The third kappa shape index (κ3) is 4.80. The van der Waals surface area contributed by atoms with E-state index >= 15 is 0 Å². The number of hydrogen-bond donors (Lipinski definition) is 0. The predicted molar refractivity (Wildman–Crippen MR) is 47.2 cm³/mol. The molecule has 0 aromatic heterocycles. The Morgan fingerprint density at radius 3 is 2.18 bits per heavy atom. The second kappa shape index (κ2) is 3.73. The molecular formula is C9H18N2. The molecule has 0 fully saturated rings. The van der Waals surface area contributed by atoms with Crippen LogP contribution in [0.25, 0.3) is 0 Å². The predicted octanol–water partition coefficient (Wildman–Crippen LogP) is 1.88. The van der Waals surface area contributed by atoms with Crippen molar-refractivity contribution in [2.24, 2.45) is 5.41 Å². The highest BCUT2D eigenvalue weighted by Gasteiger charge is 2.16. The Balaban J connectivity index is 3.90. The monoisotopic (exact) mass is 154 g/mol. The summed E-state index contributed by atoms with van der Waals surface area (Å²) in [7, 11) is 1.99. The Morgan fingerprint density at radius 1 is 1.45 bits per heavy atom. The zero-order valence-electron chi connectivity index (χ0n) is 8.18. The Kier molecular flexibility index (Phi) is 3.54. The fraction of sp³-hybridized carbons (Fsp3) is 0.889. The molecule has 0 saturated heterocycles. The molecule has 0 heterocycles. The van der Waals surface area contributed by atoms with Crippen LogP contribution in [0.15, 0.2) is 0 Å². The lowest BCUT2D eigenvalue weighted by Gasteiger charge is -2.27. The maximum absolute atomic E-state index is 8.61. The van der Waals surface area contributed by atoms with E-state index in [1.807, 2.05) is 14.0 Å². The van der Waals surface area contributed by atoms with Crippen molar-refractivity contribution in [1.82, 2.24) is 4.90 Å². The summed E-state index contributed by atoms with van der Waals surface area (Å²) < 4.78 is 0. The van der Waals surface area contributed by atoms with Gasteiger partial charge in [-0.1, -0.05) is 20.8 Å². The van der Waals surface area contributed by atoms with Gasteiger partial charge in [0.2, 0.25) is 0 Å². The molecule has 0 amide bonds.